The van der Waals surface area contributed by atoms with E-state index in [9.17, 15) is 4.79 Å². The number of thioether (sulfide) groups is 1. The fraction of sp³-hybridized carbons (Fsp3) is 0.176. The summed E-state index contributed by atoms with van der Waals surface area (Å²) >= 11 is 1.63. The van der Waals surface area contributed by atoms with Gasteiger partial charge in [0, 0.05) is 23.1 Å². The Hall–Kier alpha value is -2.31. The predicted molar refractivity (Wildman–Crippen MR) is 91.7 cm³/mol. The molecule has 0 fully saturated rings. The first-order valence-electron chi connectivity index (χ1n) is 7.19. The monoisotopic (exact) mass is 328 g/mol. The van der Waals surface area contributed by atoms with Gasteiger partial charge in [0.25, 0.3) is 5.91 Å². The van der Waals surface area contributed by atoms with Crippen molar-refractivity contribution in [2.24, 2.45) is 0 Å². The van der Waals surface area contributed by atoms with Crippen molar-refractivity contribution in [1.82, 2.24) is 4.98 Å². The number of benzene rings is 1. The van der Waals surface area contributed by atoms with E-state index in [1.807, 2.05) is 36.4 Å². The Morgan fingerprint density at radius 2 is 2.17 bits per heavy atom. The molecule has 2 aromatic heterocycles. The number of fused-ring (bicyclic) bond motifs is 1. The number of hydrogen-bond donors (Lipinski definition) is 2. The Kier molecular flexibility index (Phi) is 4.95. The Morgan fingerprint density at radius 3 is 3.04 bits per heavy atom. The third-order valence-corrected chi connectivity index (χ3v) is 4.30. The summed E-state index contributed by atoms with van der Waals surface area (Å²) in [7, 11) is 0. The van der Waals surface area contributed by atoms with Crippen LogP contribution in [0.25, 0.3) is 11.0 Å². The van der Waals surface area contributed by atoms with Crippen molar-refractivity contribution in [3.05, 3.63) is 60.0 Å². The van der Waals surface area contributed by atoms with Gasteiger partial charge in [-0.2, -0.15) is 11.8 Å². The molecule has 0 atom stereocenters. The molecule has 3 rings (SSSR count). The first kappa shape index (κ1) is 15.6. The fourth-order valence-electron chi connectivity index (χ4n) is 2.22. The number of para-hydroxylation sites is 1. The van der Waals surface area contributed by atoms with Crippen LogP contribution in [-0.4, -0.2) is 28.4 Å². The summed E-state index contributed by atoms with van der Waals surface area (Å²) in [6, 6.07) is 11.1. The van der Waals surface area contributed by atoms with Gasteiger partial charge in [-0.25, -0.2) is 4.98 Å². The van der Waals surface area contributed by atoms with Crippen molar-refractivity contribution in [2.45, 2.75) is 5.75 Å². The average Bonchev–Trinajstić information content (AvgIpc) is 3.00. The third kappa shape index (κ3) is 3.72. The summed E-state index contributed by atoms with van der Waals surface area (Å²) in [5.74, 6) is 1.70. The van der Waals surface area contributed by atoms with Gasteiger partial charge < -0.3 is 14.8 Å². The van der Waals surface area contributed by atoms with E-state index in [0.29, 0.717) is 22.7 Å². The van der Waals surface area contributed by atoms with Crippen molar-refractivity contribution < 1.29 is 14.3 Å². The van der Waals surface area contributed by atoms with Gasteiger partial charge in [0.05, 0.1) is 12.2 Å². The van der Waals surface area contributed by atoms with Crippen molar-refractivity contribution in [3.8, 4) is 0 Å². The van der Waals surface area contributed by atoms with E-state index in [1.165, 1.54) is 6.26 Å². The number of amides is 1. The minimum atomic E-state index is -0.248. The molecule has 0 aliphatic carbocycles. The van der Waals surface area contributed by atoms with Gasteiger partial charge in [-0.05, 0) is 23.8 Å². The van der Waals surface area contributed by atoms with Gasteiger partial charge in [-0.1, -0.05) is 18.2 Å². The Labute approximate surface area is 137 Å². The van der Waals surface area contributed by atoms with E-state index in [4.69, 9.17) is 9.52 Å². The zero-order valence-electron chi connectivity index (χ0n) is 12.4. The molecule has 2 N–H and O–H groups in total. The highest BCUT2D eigenvalue weighted by molar-refractivity contribution is 7.98. The van der Waals surface area contributed by atoms with Crippen molar-refractivity contribution in [1.29, 1.82) is 0 Å². The van der Waals surface area contributed by atoms with Gasteiger partial charge in [-0.15, -0.1) is 0 Å². The number of hydrogen-bond acceptors (Lipinski definition) is 5. The molecule has 2 heterocycles. The van der Waals surface area contributed by atoms with Gasteiger partial charge in [0.2, 0.25) is 0 Å². The zero-order chi connectivity index (χ0) is 16.1. The largest absolute Gasteiger partial charge is 0.463 e. The van der Waals surface area contributed by atoms with Crippen LogP contribution in [0.4, 0.5) is 5.82 Å². The first-order chi connectivity index (χ1) is 11.3. The minimum absolute atomic E-state index is 0.160. The Bertz CT molecular complexity index is 816. The molecule has 23 heavy (non-hydrogen) atoms. The average molecular weight is 328 g/mol. The number of carbonyl (C=O) groups is 1. The van der Waals surface area contributed by atoms with Gasteiger partial charge in [0.15, 0.2) is 0 Å². The second-order valence-corrected chi connectivity index (χ2v) is 6.03. The molecule has 0 unspecified atom stereocenters. The lowest BCUT2D eigenvalue weighted by Crippen LogP contribution is -2.12. The summed E-state index contributed by atoms with van der Waals surface area (Å²) in [6.45, 7) is 0.160. The van der Waals surface area contributed by atoms with Crippen LogP contribution in [0.15, 0.2) is 53.3 Å². The number of aromatic nitrogens is 1. The molecule has 1 amide bonds. The predicted octanol–water partition coefficient (Wildman–Crippen LogP) is 3.31. The topological polar surface area (TPSA) is 75.4 Å². The van der Waals surface area contributed by atoms with Crippen LogP contribution < -0.4 is 5.32 Å². The highest BCUT2D eigenvalue weighted by atomic mass is 32.2. The van der Waals surface area contributed by atoms with Crippen LogP contribution in [0.3, 0.4) is 0 Å². The van der Waals surface area contributed by atoms with E-state index in [0.717, 1.165) is 16.7 Å². The standard InChI is InChI=1S/C17H16N2O3S/c20-7-8-23-11-12-5-6-18-16(9-12)19-17(21)14-10-22-15-4-2-1-3-13(14)15/h1-6,9-10,20H,7-8,11H2,(H,18,19,21). The highest BCUT2D eigenvalue weighted by Gasteiger charge is 2.14. The molecule has 0 aliphatic heterocycles. The molecule has 3 aromatic rings. The summed E-state index contributed by atoms with van der Waals surface area (Å²) < 4.78 is 5.39. The Balaban J connectivity index is 1.74. The van der Waals surface area contributed by atoms with Gasteiger partial charge in [0.1, 0.15) is 17.7 Å². The quantitative estimate of drug-likeness (QED) is 0.679. The lowest BCUT2D eigenvalue weighted by atomic mass is 10.1. The molecule has 6 heteroatoms. The van der Waals surface area contributed by atoms with Gasteiger partial charge >= 0.3 is 0 Å². The minimum Gasteiger partial charge on any atom is -0.463 e. The van der Waals surface area contributed by atoms with Gasteiger partial charge in [-0.3, -0.25) is 4.79 Å². The summed E-state index contributed by atoms with van der Waals surface area (Å²) in [6.07, 6.45) is 3.12. The number of anilines is 1. The molecule has 118 valence electrons. The van der Waals surface area contributed by atoms with Crippen LogP contribution in [0, 0.1) is 0 Å². The van der Waals surface area contributed by atoms with E-state index in [2.05, 4.69) is 10.3 Å². The molecule has 0 bridgehead atoms. The number of carbonyl (C=O) groups excluding carboxylic acids is 1. The van der Waals surface area contributed by atoms with Crippen molar-refractivity contribution in [3.63, 3.8) is 0 Å². The maximum Gasteiger partial charge on any atom is 0.260 e. The molecule has 0 saturated heterocycles. The maximum atomic E-state index is 12.4. The van der Waals surface area contributed by atoms with Crippen molar-refractivity contribution in [2.75, 3.05) is 17.7 Å². The fourth-order valence-corrected chi connectivity index (χ4v) is 2.91. The summed E-state index contributed by atoms with van der Waals surface area (Å²) in [5, 5.41) is 12.4. The maximum absolute atomic E-state index is 12.4. The zero-order valence-corrected chi connectivity index (χ0v) is 13.2. The van der Waals surface area contributed by atoms with Crippen molar-refractivity contribution >= 4 is 34.5 Å². The first-order valence-corrected chi connectivity index (χ1v) is 8.34. The highest BCUT2D eigenvalue weighted by Crippen LogP contribution is 2.22. The molecule has 0 aliphatic rings. The number of pyridine rings is 1. The second kappa shape index (κ2) is 7.30. The van der Waals surface area contributed by atoms with E-state index in [1.54, 1.807) is 18.0 Å². The van der Waals surface area contributed by atoms with Crippen LogP contribution in [0.1, 0.15) is 15.9 Å². The third-order valence-electron chi connectivity index (χ3n) is 3.30. The Morgan fingerprint density at radius 1 is 1.30 bits per heavy atom. The second-order valence-electron chi connectivity index (χ2n) is 4.93. The molecule has 1 aromatic carbocycles. The number of rotatable bonds is 6. The molecule has 0 saturated carbocycles. The normalized spacial score (nSPS) is 10.8. The molecular formula is C17H16N2O3S. The molecule has 0 radical (unpaired) electrons. The number of furan rings is 1. The van der Waals surface area contributed by atoms with Crippen LogP contribution >= 0.6 is 11.8 Å². The lowest BCUT2D eigenvalue weighted by molar-refractivity contribution is 0.102. The lowest BCUT2D eigenvalue weighted by Gasteiger charge is -2.06. The summed E-state index contributed by atoms with van der Waals surface area (Å²) in [5.41, 5.74) is 2.22. The number of nitrogens with zero attached hydrogens (tertiary/aromatic N) is 1. The van der Waals surface area contributed by atoms with E-state index in [-0.39, 0.29) is 12.5 Å². The number of aliphatic hydroxyl groups is 1. The van der Waals surface area contributed by atoms with Crippen LogP contribution in [0.2, 0.25) is 0 Å². The van der Waals surface area contributed by atoms with E-state index < -0.39 is 0 Å². The molecule has 5 nitrogen and oxygen atoms in total. The molecule has 0 spiro atoms. The molecular weight excluding hydrogens is 312 g/mol. The van der Waals surface area contributed by atoms with Crippen LogP contribution in [-0.2, 0) is 5.75 Å². The van der Waals surface area contributed by atoms with E-state index >= 15 is 0 Å². The SMILES string of the molecule is O=C(Nc1cc(CSCCO)ccn1)c1coc2ccccc12. The number of aliphatic hydroxyl groups excluding tert-OH is 1. The summed E-state index contributed by atoms with van der Waals surface area (Å²) in [4.78, 5) is 16.6. The smallest absolute Gasteiger partial charge is 0.260 e. The van der Waals surface area contributed by atoms with Crippen LogP contribution in [0.5, 0.6) is 0 Å². The number of nitrogens with one attached hydrogen (secondary N) is 1.